The maximum atomic E-state index is 12.4. The molecule has 0 radical (unpaired) electrons. The van der Waals surface area contributed by atoms with Crippen molar-refractivity contribution >= 4 is 38.3 Å². The molecule has 0 bridgehead atoms. The first-order valence-electron chi connectivity index (χ1n) is 6.65. The number of sulfonamides is 1. The van der Waals surface area contributed by atoms with Gasteiger partial charge in [-0.15, -0.1) is 0 Å². The summed E-state index contributed by atoms with van der Waals surface area (Å²) in [5.41, 5.74) is 0.364. The number of halogens is 1. The number of anilines is 1. The number of benzene rings is 2. The quantitative estimate of drug-likeness (QED) is 0.723. The molecule has 0 amide bonds. The summed E-state index contributed by atoms with van der Waals surface area (Å²) in [4.78, 5) is 11.1. The van der Waals surface area contributed by atoms with Gasteiger partial charge in [-0.1, -0.05) is 11.6 Å². The first kappa shape index (κ1) is 16.1. The van der Waals surface area contributed by atoms with Gasteiger partial charge in [-0.25, -0.2) is 13.2 Å². The van der Waals surface area contributed by atoms with Crippen molar-refractivity contribution < 1.29 is 12.8 Å². The lowest BCUT2D eigenvalue weighted by atomic mass is 10.2. The normalized spacial score (nSPS) is 11.2. The largest absolute Gasteiger partial charge is 0.423 e. The molecule has 6 nitrogen and oxygen atoms in total. The summed E-state index contributed by atoms with van der Waals surface area (Å²) >= 11 is 5.87. The van der Waals surface area contributed by atoms with Crippen LogP contribution in [0.5, 0.6) is 0 Å². The Hall–Kier alpha value is -2.82. The zero-order valence-electron chi connectivity index (χ0n) is 12.0. The predicted molar refractivity (Wildman–Crippen MR) is 89.5 cm³/mol. The molecule has 3 rings (SSSR count). The molecule has 0 aliphatic heterocycles. The number of rotatable bonds is 3. The first-order valence-corrected chi connectivity index (χ1v) is 8.51. The fourth-order valence-corrected chi connectivity index (χ4v) is 3.47. The molecule has 3 aromatic rings. The molecule has 0 aliphatic rings. The minimum absolute atomic E-state index is 0.0562. The lowest BCUT2D eigenvalue weighted by molar-refractivity contribution is 0.561. The van der Waals surface area contributed by atoms with Crippen LogP contribution >= 0.6 is 11.6 Å². The second-order valence-corrected chi connectivity index (χ2v) is 6.96. The average Bonchev–Trinajstić information content (AvgIpc) is 2.54. The second-order valence-electron chi connectivity index (χ2n) is 4.87. The first-order chi connectivity index (χ1) is 11.4. The van der Waals surface area contributed by atoms with Gasteiger partial charge in [-0.05, 0) is 42.5 Å². The van der Waals surface area contributed by atoms with Gasteiger partial charge in [-0.2, -0.15) is 5.26 Å². The zero-order chi connectivity index (χ0) is 17.3. The van der Waals surface area contributed by atoms with Gasteiger partial charge in [-0.3, -0.25) is 4.72 Å². The minimum Gasteiger partial charge on any atom is -0.423 e. The Bertz CT molecular complexity index is 1150. The molecule has 120 valence electrons. The average molecular weight is 361 g/mol. The Morgan fingerprint density at radius 1 is 1.08 bits per heavy atom. The van der Waals surface area contributed by atoms with E-state index in [1.54, 1.807) is 6.07 Å². The van der Waals surface area contributed by atoms with E-state index < -0.39 is 15.6 Å². The Balaban J connectivity index is 1.97. The fourth-order valence-electron chi connectivity index (χ4n) is 2.10. The van der Waals surface area contributed by atoms with E-state index in [0.717, 1.165) is 0 Å². The SMILES string of the molecule is N#Cc1ccc(S(=O)(=O)Nc2ccc3oc(=O)ccc3c2)cc1Cl. The maximum absolute atomic E-state index is 12.4. The summed E-state index contributed by atoms with van der Waals surface area (Å²) in [5.74, 6) is 0. The van der Waals surface area contributed by atoms with Crippen LogP contribution in [0.25, 0.3) is 11.0 Å². The van der Waals surface area contributed by atoms with Gasteiger partial charge in [0.2, 0.25) is 0 Å². The molecule has 0 fully saturated rings. The summed E-state index contributed by atoms with van der Waals surface area (Å²) in [6.07, 6.45) is 0. The summed E-state index contributed by atoms with van der Waals surface area (Å²) < 4.78 is 32.2. The summed E-state index contributed by atoms with van der Waals surface area (Å²) in [5, 5.41) is 9.47. The van der Waals surface area contributed by atoms with Crippen LogP contribution in [-0.2, 0) is 10.0 Å². The molecule has 0 saturated heterocycles. The Kier molecular flexibility index (Phi) is 4.01. The molecule has 0 spiro atoms. The highest BCUT2D eigenvalue weighted by atomic mass is 35.5. The van der Waals surface area contributed by atoms with Crippen molar-refractivity contribution in [1.82, 2.24) is 0 Å². The van der Waals surface area contributed by atoms with Crippen LogP contribution < -0.4 is 10.3 Å². The van der Waals surface area contributed by atoms with Crippen molar-refractivity contribution in [3.63, 3.8) is 0 Å². The van der Waals surface area contributed by atoms with Gasteiger partial charge in [0.25, 0.3) is 10.0 Å². The number of hydrogen-bond acceptors (Lipinski definition) is 5. The van der Waals surface area contributed by atoms with E-state index in [9.17, 15) is 13.2 Å². The smallest absolute Gasteiger partial charge is 0.336 e. The minimum atomic E-state index is -3.87. The van der Waals surface area contributed by atoms with Crippen molar-refractivity contribution in [3.05, 3.63) is 69.5 Å². The number of hydrogen-bond donors (Lipinski definition) is 1. The zero-order valence-corrected chi connectivity index (χ0v) is 13.6. The fraction of sp³-hybridized carbons (Fsp3) is 0. The molecule has 2 aromatic carbocycles. The number of fused-ring (bicyclic) bond motifs is 1. The van der Waals surface area contributed by atoms with Crippen LogP contribution in [-0.4, -0.2) is 8.42 Å². The third-order valence-electron chi connectivity index (χ3n) is 3.24. The van der Waals surface area contributed by atoms with Crippen molar-refractivity contribution in [1.29, 1.82) is 5.26 Å². The van der Waals surface area contributed by atoms with Gasteiger partial charge in [0, 0.05) is 17.1 Å². The third kappa shape index (κ3) is 3.11. The summed E-state index contributed by atoms with van der Waals surface area (Å²) in [6.45, 7) is 0. The van der Waals surface area contributed by atoms with Gasteiger partial charge in [0.15, 0.2) is 0 Å². The number of nitriles is 1. The molecule has 0 atom stereocenters. The van der Waals surface area contributed by atoms with Crippen LogP contribution in [0.1, 0.15) is 5.56 Å². The molecule has 1 aromatic heterocycles. The topological polar surface area (TPSA) is 100 Å². The van der Waals surface area contributed by atoms with Crippen LogP contribution in [0, 0.1) is 11.3 Å². The molecule has 0 aliphatic carbocycles. The van der Waals surface area contributed by atoms with Crippen LogP contribution in [0.4, 0.5) is 5.69 Å². The van der Waals surface area contributed by atoms with E-state index in [-0.39, 0.29) is 15.5 Å². The van der Waals surface area contributed by atoms with Gasteiger partial charge in [0.1, 0.15) is 11.7 Å². The van der Waals surface area contributed by atoms with Crippen molar-refractivity contribution in [2.75, 3.05) is 4.72 Å². The molecule has 8 heteroatoms. The Morgan fingerprint density at radius 2 is 1.88 bits per heavy atom. The van der Waals surface area contributed by atoms with Gasteiger partial charge in [0.05, 0.1) is 15.5 Å². The molecular weight excluding hydrogens is 352 g/mol. The van der Waals surface area contributed by atoms with Gasteiger partial charge < -0.3 is 4.42 Å². The molecular formula is C16H9ClN2O4S. The predicted octanol–water partition coefficient (Wildman–Crippen LogP) is 3.12. The molecule has 0 saturated carbocycles. The monoisotopic (exact) mass is 360 g/mol. The second kappa shape index (κ2) is 6.00. The number of nitrogens with zero attached hydrogens (tertiary/aromatic N) is 1. The molecule has 0 unspecified atom stereocenters. The van der Waals surface area contributed by atoms with Crippen molar-refractivity contribution in [3.8, 4) is 6.07 Å². The maximum Gasteiger partial charge on any atom is 0.336 e. The van der Waals surface area contributed by atoms with Crippen LogP contribution in [0.3, 0.4) is 0 Å². The molecule has 1 N–H and O–H groups in total. The molecule has 1 heterocycles. The summed E-state index contributed by atoms with van der Waals surface area (Å²) in [6, 6.07) is 13.0. The highest BCUT2D eigenvalue weighted by molar-refractivity contribution is 7.92. The van der Waals surface area contributed by atoms with E-state index in [1.807, 2.05) is 6.07 Å². The van der Waals surface area contributed by atoms with Crippen molar-refractivity contribution in [2.24, 2.45) is 0 Å². The standard InChI is InChI=1S/C16H9ClN2O4S/c17-14-8-13(4-1-11(14)9-18)24(21,22)19-12-3-5-15-10(7-12)2-6-16(20)23-15/h1-8,19H. The van der Waals surface area contributed by atoms with E-state index in [4.69, 9.17) is 21.3 Å². The summed E-state index contributed by atoms with van der Waals surface area (Å²) in [7, 11) is -3.87. The Morgan fingerprint density at radius 3 is 2.58 bits per heavy atom. The van der Waals surface area contributed by atoms with E-state index in [2.05, 4.69) is 4.72 Å². The number of nitrogens with one attached hydrogen (secondary N) is 1. The lowest BCUT2D eigenvalue weighted by Gasteiger charge is -2.09. The Labute approximate surface area is 142 Å². The van der Waals surface area contributed by atoms with Crippen LogP contribution in [0.15, 0.2) is 62.6 Å². The van der Waals surface area contributed by atoms with E-state index in [1.165, 1.54) is 42.5 Å². The highest BCUT2D eigenvalue weighted by Crippen LogP contribution is 2.24. The van der Waals surface area contributed by atoms with Gasteiger partial charge >= 0.3 is 5.63 Å². The lowest BCUT2D eigenvalue weighted by Crippen LogP contribution is -2.13. The van der Waals surface area contributed by atoms with Crippen molar-refractivity contribution in [2.45, 2.75) is 4.90 Å². The highest BCUT2D eigenvalue weighted by Gasteiger charge is 2.16. The molecule has 24 heavy (non-hydrogen) atoms. The van der Waals surface area contributed by atoms with E-state index in [0.29, 0.717) is 16.7 Å². The van der Waals surface area contributed by atoms with Crippen LogP contribution in [0.2, 0.25) is 5.02 Å². The third-order valence-corrected chi connectivity index (χ3v) is 4.93. The van der Waals surface area contributed by atoms with E-state index >= 15 is 0 Å².